The lowest BCUT2D eigenvalue weighted by molar-refractivity contribution is -0.0676. The third-order valence-electron chi connectivity index (χ3n) is 10.4. The van der Waals surface area contributed by atoms with E-state index >= 15 is 0 Å². The summed E-state index contributed by atoms with van der Waals surface area (Å²) < 4.78 is 0. The maximum Gasteiger partial charge on any atom is 0.0818 e. The third-order valence-corrected chi connectivity index (χ3v) is 10.4. The van der Waals surface area contributed by atoms with Crippen LogP contribution in [0.3, 0.4) is 0 Å². The summed E-state index contributed by atoms with van der Waals surface area (Å²) in [6.07, 6.45) is 11.5. The molecule has 0 amide bonds. The number of aliphatic hydroxyl groups excluding tert-OH is 2. The van der Waals surface area contributed by atoms with E-state index < -0.39 is 0 Å². The van der Waals surface area contributed by atoms with Gasteiger partial charge in [0.1, 0.15) is 0 Å². The summed E-state index contributed by atoms with van der Waals surface area (Å²) in [5, 5.41) is 21.4. The minimum absolute atomic E-state index is 0.120. The molecule has 3 saturated carbocycles. The standard InChI is InChI=1S/C28H40O2/c1-18(26(30)19-7-5-4-6-8-19)23-11-12-24-22-10-9-20-17-21(29)13-15-27(20,2)25(22)14-16-28(23,24)3/h4-9,18,21-26,29-30H,10-17H2,1-3H3/t18-,21-,22-,23+,24-,25-,26-,27-,28+/m0/s1. The van der Waals surface area contributed by atoms with Gasteiger partial charge >= 0.3 is 0 Å². The van der Waals surface area contributed by atoms with Crippen molar-refractivity contribution in [2.45, 2.75) is 84.3 Å². The largest absolute Gasteiger partial charge is 0.393 e. The number of hydrogen-bond donors (Lipinski definition) is 2. The predicted octanol–water partition coefficient (Wildman–Crippen LogP) is 6.30. The Morgan fingerprint density at radius 1 is 0.967 bits per heavy atom. The highest BCUT2D eigenvalue weighted by atomic mass is 16.3. The Balaban J connectivity index is 1.39. The van der Waals surface area contributed by atoms with Crippen molar-refractivity contribution in [1.29, 1.82) is 0 Å². The second kappa shape index (κ2) is 7.48. The summed E-state index contributed by atoms with van der Waals surface area (Å²) in [4.78, 5) is 0. The molecule has 0 unspecified atom stereocenters. The Bertz CT molecular complexity index is 800. The molecule has 1 aromatic rings. The third kappa shape index (κ3) is 3.05. The van der Waals surface area contributed by atoms with Gasteiger partial charge in [0.05, 0.1) is 12.2 Å². The minimum Gasteiger partial charge on any atom is -0.393 e. The molecule has 0 radical (unpaired) electrons. The maximum absolute atomic E-state index is 11.2. The Kier molecular flexibility index (Phi) is 5.18. The highest BCUT2D eigenvalue weighted by Crippen LogP contribution is 2.67. The molecule has 2 nitrogen and oxygen atoms in total. The van der Waals surface area contributed by atoms with Crippen LogP contribution in [0, 0.1) is 40.4 Å². The molecule has 2 N–H and O–H groups in total. The van der Waals surface area contributed by atoms with E-state index in [1.165, 1.54) is 32.1 Å². The van der Waals surface area contributed by atoms with E-state index in [-0.39, 0.29) is 12.2 Å². The zero-order valence-corrected chi connectivity index (χ0v) is 19.1. The Hall–Kier alpha value is -1.12. The van der Waals surface area contributed by atoms with Crippen molar-refractivity contribution in [3.63, 3.8) is 0 Å². The number of allylic oxidation sites excluding steroid dienone is 1. The molecule has 0 spiro atoms. The van der Waals surface area contributed by atoms with E-state index in [0.717, 1.165) is 42.6 Å². The van der Waals surface area contributed by atoms with Gasteiger partial charge in [-0.15, -0.1) is 0 Å². The summed E-state index contributed by atoms with van der Waals surface area (Å²) >= 11 is 0. The number of hydrogen-bond acceptors (Lipinski definition) is 2. The lowest BCUT2D eigenvalue weighted by Gasteiger charge is -2.58. The van der Waals surface area contributed by atoms with Crippen LogP contribution in [0.1, 0.15) is 83.8 Å². The molecule has 164 valence electrons. The zero-order chi connectivity index (χ0) is 21.1. The van der Waals surface area contributed by atoms with Gasteiger partial charge in [-0.1, -0.05) is 62.8 Å². The van der Waals surface area contributed by atoms with Crippen LogP contribution in [0.4, 0.5) is 0 Å². The molecule has 0 aliphatic heterocycles. The van der Waals surface area contributed by atoms with Crippen LogP contribution in [0.5, 0.6) is 0 Å². The van der Waals surface area contributed by atoms with Crippen LogP contribution >= 0.6 is 0 Å². The van der Waals surface area contributed by atoms with E-state index in [9.17, 15) is 10.2 Å². The fraction of sp³-hybridized carbons (Fsp3) is 0.714. The summed E-state index contributed by atoms with van der Waals surface area (Å²) in [6, 6.07) is 10.3. The minimum atomic E-state index is -0.361. The van der Waals surface area contributed by atoms with Crippen molar-refractivity contribution in [1.82, 2.24) is 0 Å². The van der Waals surface area contributed by atoms with Crippen molar-refractivity contribution in [2.24, 2.45) is 40.4 Å². The van der Waals surface area contributed by atoms with Crippen molar-refractivity contribution >= 4 is 0 Å². The number of fused-ring (bicyclic) bond motifs is 5. The average molecular weight is 409 g/mol. The van der Waals surface area contributed by atoms with Crippen LogP contribution in [-0.4, -0.2) is 16.3 Å². The van der Waals surface area contributed by atoms with E-state index in [1.807, 2.05) is 18.2 Å². The maximum atomic E-state index is 11.2. The topological polar surface area (TPSA) is 40.5 Å². The summed E-state index contributed by atoms with van der Waals surface area (Å²) in [7, 11) is 0. The first kappa shape index (κ1) is 20.8. The fourth-order valence-electron chi connectivity index (χ4n) is 8.72. The highest BCUT2D eigenvalue weighted by Gasteiger charge is 2.59. The van der Waals surface area contributed by atoms with Crippen molar-refractivity contribution in [3.8, 4) is 0 Å². The molecule has 0 aromatic heterocycles. The van der Waals surface area contributed by atoms with Gasteiger partial charge in [-0.2, -0.15) is 0 Å². The molecule has 9 atom stereocenters. The van der Waals surface area contributed by atoms with Crippen molar-refractivity contribution < 1.29 is 10.2 Å². The molecule has 2 heteroatoms. The van der Waals surface area contributed by atoms with Crippen molar-refractivity contribution in [2.75, 3.05) is 0 Å². The van der Waals surface area contributed by atoms with Crippen LogP contribution < -0.4 is 0 Å². The van der Waals surface area contributed by atoms with Crippen molar-refractivity contribution in [3.05, 3.63) is 47.5 Å². The average Bonchev–Trinajstić information content (AvgIpc) is 3.11. The molecule has 0 saturated heterocycles. The van der Waals surface area contributed by atoms with Gasteiger partial charge in [-0.3, -0.25) is 0 Å². The van der Waals surface area contributed by atoms with Crippen LogP contribution in [0.15, 0.2) is 42.0 Å². The number of aliphatic hydroxyl groups is 2. The smallest absolute Gasteiger partial charge is 0.0818 e. The second-order valence-electron chi connectivity index (χ2n) is 11.6. The van der Waals surface area contributed by atoms with E-state index in [4.69, 9.17) is 0 Å². The van der Waals surface area contributed by atoms with Crippen LogP contribution in [-0.2, 0) is 0 Å². The SMILES string of the molecule is C[C@H]([C@H](O)c1ccccc1)[C@H]1CC[C@H]2[C@@H]3CC=C4C[C@@H](O)CC[C@]4(C)[C@H]3CC[C@]12C. The number of rotatable bonds is 3. The molecule has 0 bridgehead atoms. The normalized spacial score (nSPS) is 45.0. The molecule has 0 heterocycles. The van der Waals surface area contributed by atoms with Crippen LogP contribution in [0.2, 0.25) is 0 Å². The molecule has 30 heavy (non-hydrogen) atoms. The molecule has 1 aromatic carbocycles. The monoisotopic (exact) mass is 408 g/mol. The highest BCUT2D eigenvalue weighted by molar-refractivity contribution is 5.26. The molecule has 4 aliphatic rings. The fourth-order valence-corrected chi connectivity index (χ4v) is 8.72. The van der Waals surface area contributed by atoms with Crippen LogP contribution in [0.25, 0.3) is 0 Å². The lowest BCUT2D eigenvalue weighted by atomic mass is 9.47. The van der Waals surface area contributed by atoms with Gasteiger partial charge in [-0.05, 0) is 97.3 Å². The molecule has 5 rings (SSSR count). The second-order valence-corrected chi connectivity index (χ2v) is 11.6. The van der Waals surface area contributed by atoms with Gasteiger partial charge < -0.3 is 10.2 Å². The van der Waals surface area contributed by atoms with Gasteiger partial charge in [0, 0.05) is 0 Å². The lowest BCUT2D eigenvalue weighted by Crippen LogP contribution is -2.51. The quantitative estimate of drug-likeness (QED) is 0.577. The van der Waals surface area contributed by atoms with Gasteiger partial charge in [0.15, 0.2) is 0 Å². The summed E-state index contributed by atoms with van der Waals surface area (Å²) in [5.74, 6) is 3.27. The first-order valence-electron chi connectivity index (χ1n) is 12.4. The molecule has 4 aliphatic carbocycles. The van der Waals surface area contributed by atoms with E-state index in [0.29, 0.717) is 22.7 Å². The van der Waals surface area contributed by atoms with E-state index in [1.54, 1.807) is 5.57 Å². The number of benzene rings is 1. The summed E-state index contributed by atoms with van der Waals surface area (Å²) in [6.45, 7) is 7.37. The Labute approximate surface area is 182 Å². The first-order chi connectivity index (χ1) is 14.3. The molecular formula is C28H40O2. The first-order valence-corrected chi connectivity index (χ1v) is 12.4. The predicted molar refractivity (Wildman–Crippen MR) is 122 cm³/mol. The Morgan fingerprint density at radius 2 is 1.73 bits per heavy atom. The zero-order valence-electron chi connectivity index (χ0n) is 19.1. The molecule has 3 fully saturated rings. The van der Waals surface area contributed by atoms with E-state index in [2.05, 4.69) is 39.0 Å². The van der Waals surface area contributed by atoms with Gasteiger partial charge in [0.2, 0.25) is 0 Å². The Morgan fingerprint density at radius 3 is 2.50 bits per heavy atom. The summed E-state index contributed by atoms with van der Waals surface area (Å²) in [5.41, 5.74) is 3.31. The molecular weight excluding hydrogens is 368 g/mol. The van der Waals surface area contributed by atoms with Gasteiger partial charge in [0.25, 0.3) is 0 Å². The van der Waals surface area contributed by atoms with Gasteiger partial charge in [-0.25, -0.2) is 0 Å².